The van der Waals surface area contributed by atoms with Crippen LogP contribution < -0.4 is 5.32 Å². The maximum atomic E-state index is 4.76. The molecule has 3 rings (SSSR count). The van der Waals surface area contributed by atoms with Gasteiger partial charge in [0.05, 0.1) is 11.4 Å². The van der Waals surface area contributed by atoms with Gasteiger partial charge in [-0.1, -0.05) is 32.0 Å². The van der Waals surface area contributed by atoms with E-state index in [-0.39, 0.29) is 0 Å². The normalized spacial score (nSPS) is 14.7. The van der Waals surface area contributed by atoms with Crippen LogP contribution in [0.5, 0.6) is 0 Å². The van der Waals surface area contributed by atoms with Gasteiger partial charge in [0, 0.05) is 18.3 Å². The molecule has 0 unspecified atom stereocenters. The molecule has 3 heteroatoms. The molecule has 1 fully saturated rings. The molecular weight excluding hydrogens is 246 g/mol. The smallest absolute Gasteiger partial charge is 0.0693 e. The number of hydrogen-bond donors (Lipinski definition) is 1. The zero-order chi connectivity index (χ0) is 13.9. The first-order valence-corrected chi connectivity index (χ1v) is 7.71. The van der Waals surface area contributed by atoms with Crippen LogP contribution >= 0.6 is 0 Å². The average Bonchev–Trinajstić information content (AvgIpc) is 3.23. The molecule has 1 heterocycles. The lowest BCUT2D eigenvalue weighted by molar-refractivity contribution is 0.677. The van der Waals surface area contributed by atoms with Crippen LogP contribution in [0.1, 0.15) is 43.6 Å². The standard InChI is InChI=1S/C17H23N3/c1-3-14-11-16(4-2)20(19-14)17-8-6-5-7-13(17)12-18-15-9-10-15/h5-8,11,15,18H,3-4,9-10,12H2,1-2H3. The molecule has 1 aromatic carbocycles. The van der Waals surface area contributed by atoms with Gasteiger partial charge in [-0.2, -0.15) is 5.10 Å². The number of para-hydroxylation sites is 1. The summed E-state index contributed by atoms with van der Waals surface area (Å²) < 4.78 is 2.13. The van der Waals surface area contributed by atoms with Gasteiger partial charge in [0.1, 0.15) is 0 Å². The molecule has 0 aliphatic heterocycles. The molecule has 0 amide bonds. The zero-order valence-corrected chi connectivity index (χ0v) is 12.4. The molecule has 1 aromatic heterocycles. The molecular formula is C17H23N3. The summed E-state index contributed by atoms with van der Waals surface area (Å²) in [5.41, 5.74) is 5.02. The summed E-state index contributed by atoms with van der Waals surface area (Å²) in [6.45, 7) is 5.29. The highest BCUT2D eigenvalue weighted by molar-refractivity contribution is 5.42. The van der Waals surface area contributed by atoms with E-state index in [0.29, 0.717) is 0 Å². The van der Waals surface area contributed by atoms with Crippen LogP contribution in [0.4, 0.5) is 0 Å². The Labute approximate surface area is 121 Å². The van der Waals surface area contributed by atoms with Crippen molar-refractivity contribution in [2.75, 3.05) is 0 Å². The van der Waals surface area contributed by atoms with E-state index < -0.39 is 0 Å². The van der Waals surface area contributed by atoms with Gasteiger partial charge in [-0.15, -0.1) is 0 Å². The third kappa shape index (κ3) is 2.78. The van der Waals surface area contributed by atoms with Gasteiger partial charge in [0.25, 0.3) is 0 Å². The number of nitrogens with one attached hydrogen (secondary N) is 1. The van der Waals surface area contributed by atoms with E-state index in [2.05, 4.69) is 54.2 Å². The Morgan fingerprint density at radius 1 is 1.20 bits per heavy atom. The molecule has 1 aliphatic carbocycles. The van der Waals surface area contributed by atoms with Crippen molar-refractivity contribution >= 4 is 0 Å². The summed E-state index contributed by atoms with van der Waals surface area (Å²) in [5.74, 6) is 0. The molecule has 2 aromatic rings. The van der Waals surface area contributed by atoms with E-state index in [4.69, 9.17) is 5.10 Å². The van der Waals surface area contributed by atoms with E-state index in [9.17, 15) is 0 Å². The minimum atomic E-state index is 0.734. The predicted molar refractivity (Wildman–Crippen MR) is 82.2 cm³/mol. The van der Waals surface area contributed by atoms with Crippen LogP contribution in [0.25, 0.3) is 5.69 Å². The van der Waals surface area contributed by atoms with Crippen LogP contribution in [0.2, 0.25) is 0 Å². The Hall–Kier alpha value is -1.61. The summed E-state index contributed by atoms with van der Waals surface area (Å²) in [6, 6.07) is 11.6. The highest BCUT2D eigenvalue weighted by Crippen LogP contribution is 2.22. The zero-order valence-electron chi connectivity index (χ0n) is 12.4. The lowest BCUT2D eigenvalue weighted by Gasteiger charge is -2.12. The number of aryl methyl sites for hydroxylation is 2. The summed E-state index contributed by atoms with van der Waals surface area (Å²) in [6.07, 6.45) is 4.65. The molecule has 1 saturated carbocycles. The van der Waals surface area contributed by atoms with E-state index in [0.717, 1.165) is 25.4 Å². The first-order chi connectivity index (χ1) is 9.81. The minimum Gasteiger partial charge on any atom is -0.310 e. The lowest BCUT2D eigenvalue weighted by Crippen LogP contribution is -2.17. The summed E-state index contributed by atoms with van der Waals surface area (Å²) >= 11 is 0. The van der Waals surface area contributed by atoms with Crippen molar-refractivity contribution in [1.29, 1.82) is 0 Å². The largest absolute Gasteiger partial charge is 0.310 e. The highest BCUT2D eigenvalue weighted by atomic mass is 15.3. The fraction of sp³-hybridized carbons (Fsp3) is 0.471. The van der Waals surface area contributed by atoms with Crippen LogP contribution in [0.15, 0.2) is 30.3 Å². The molecule has 3 nitrogen and oxygen atoms in total. The minimum absolute atomic E-state index is 0.734. The van der Waals surface area contributed by atoms with Gasteiger partial charge >= 0.3 is 0 Å². The fourth-order valence-corrected chi connectivity index (χ4v) is 2.52. The van der Waals surface area contributed by atoms with Crippen LogP contribution in [-0.2, 0) is 19.4 Å². The fourth-order valence-electron chi connectivity index (χ4n) is 2.52. The molecule has 1 aliphatic rings. The Morgan fingerprint density at radius 2 is 2.00 bits per heavy atom. The molecule has 0 radical (unpaired) electrons. The van der Waals surface area contributed by atoms with Gasteiger partial charge in [0.15, 0.2) is 0 Å². The Morgan fingerprint density at radius 3 is 2.70 bits per heavy atom. The van der Waals surface area contributed by atoms with E-state index in [1.165, 1.54) is 35.5 Å². The Kier molecular flexibility index (Phi) is 3.88. The van der Waals surface area contributed by atoms with Gasteiger partial charge < -0.3 is 5.32 Å². The molecule has 0 spiro atoms. The topological polar surface area (TPSA) is 29.9 Å². The SMILES string of the molecule is CCc1cc(CC)n(-c2ccccc2CNC2CC2)n1. The summed E-state index contributed by atoms with van der Waals surface area (Å²) in [4.78, 5) is 0. The lowest BCUT2D eigenvalue weighted by atomic mass is 10.1. The third-order valence-electron chi connectivity index (χ3n) is 3.94. The molecule has 0 saturated heterocycles. The van der Waals surface area contributed by atoms with Crippen molar-refractivity contribution in [3.05, 3.63) is 47.3 Å². The number of aromatic nitrogens is 2. The van der Waals surface area contributed by atoms with Gasteiger partial charge in [0.2, 0.25) is 0 Å². The third-order valence-corrected chi connectivity index (χ3v) is 3.94. The van der Waals surface area contributed by atoms with Crippen molar-refractivity contribution < 1.29 is 0 Å². The van der Waals surface area contributed by atoms with Crippen LogP contribution in [-0.4, -0.2) is 15.8 Å². The number of benzene rings is 1. The van der Waals surface area contributed by atoms with E-state index in [1.807, 2.05) is 0 Å². The summed E-state index contributed by atoms with van der Waals surface area (Å²) in [5, 5.41) is 8.36. The quantitative estimate of drug-likeness (QED) is 0.872. The van der Waals surface area contributed by atoms with E-state index >= 15 is 0 Å². The van der Waals surface area contributed by atoms with Crippen molar-refractivity contribution in [2.24, 2.45) is 0 Å². The second-order valence-electron chi connectivity index (χ2n) is 5.53. The average molecular weight is 269 g/mol. The van der Waals surface area contributed by atoms with Gasteiger partial charge in [-0.25, -0.2) is 4.68 Å². The second-order valence-corrected chi connectivity index (χ2v) is 5.53. The number of hydrogen-bond acceptors (Lipinski definition) is 2. The first-order valence-electron chi connectivity index (χ1n) is 7.71. The monoisotopic (exact) mass is 269 g/mol. The molecule has 0 atom stereocenters. The van der Waals surface area contributed by atoms with Crippen molar-refractivity contribution in [1.82, 2.24) is 15.1 Å². The maximum Gasteiger partial charge on any atom is 0.0693 e. The van der Waals surface area contributed by atoms with Crippen molar-refractivity contribution in [2.45, 2.75) is 52.1 Å². The van der Waals surface area contributed by atoms with Crippen molar-refractivity contribution in [3.8, 4) is 5.69 Å². The predicted octanol–water partition coefficient (Wildman–Crippen LogP) is 3.25. The molecule has 1 N–H and O–H groups in total. The maximum absolute atomic E-state index is 4.76. The van der Waals surface area contributed by atoms with Crippen molar-refractivity contribution in [3.63, 3.8) is 0 Å². The molecule has 0 bridgehead atoms. The van der Waals surface area contributed by atoms with Gasteiger partial charge in [-0.05, 0) is 43.4 Å². The number of rotatable bonds is 6. The molecule has 20 heavy (non-hydrogen) atoms. The van der Waals surface area contributed by atoms with Crippen LogP contribution in [0.3, 0.4) is 0 Å². The van der Waals surface area contributed by atoms with Crippen LogP contribution in [0, 0.1) is 0 Å². The first kappa shape index (κ1) is 13.4. The Bertz CT molecular complexity index is 582. The second kappa shape index (κ2) is 5.80. The number of nitrogens with zero attached hydrogens (tertiary/aromatic N) is 2. The highest BCUT2D eigenvalue weighted by Gasteiger charge is 2.20. The Balaban J connectivity index is 1.93. The summed E-state index contributed by atoms with van der Waals surface area (Å²) in [7, 11) is 0. The van der Waals surface area contributed by atoms with Gasteiger partial charge in [-0.3, -0.25) is 0 Å². The van der Waals surface area contributed by atoms with E-state index in [1.54, 1.807) is 0 Å². The molecule has 106 valence electrons.